The van der Waals surface area contributed by atoms with Gasteiger partial charge in [-0.05, 0) is 42.9 Å². The van der Waals surface area contributed by atoms with E-state index in [-0.39, 0.29) is 5.82 Å². The highest BCUT2D eigenvalue weighted by molar-refractivity contribution is 5.57. The Hall–Kier alpha value is -1.05. The van der Waals surface area contributed by atoms with Crippen molar-refractivity contribution in [3.05, 3.63) is 29.6 Å². The summed E-state index contributed by atoms with van der Waals surface area (Å²) in [6, 6.07) is 5.69. The van der Waals surface area contributed by atoms with E-state index in [1.54, 1.807) is 12.1 Å². The van der Waals surface area contributed by atoms with Gasteiger partial charge in [0.05, 0.1) is 0 Å². The van der Waals surface area contributed by atoms with Crippen LogP contribution in [0.1, 0.15) is 37.7 Å². The lowest BCUT2D eigenvalue weighted by Crippen LogP contribution is -2.28. The zero-order valence-electron chi connectivity index (χ0n) is 9.51. The highest BCUT2D eigenvalue weighted by Crippen LogP contribution is 2.35. The van der Waals surface area contributed by atoms with Gasteiger partial charge in [-0.2, -0.15) is 0 Å². The lowest BCUT2D eigenvalue weighted by Gasteiger charge is -2.27. The van der Waals surface area contributed by atoms with Crippen molar-refractivity contribution in [3.63, 3.8) is 0 Å². The number of anilines is 1. The summed E-state index contributed by atoms with van der Waals surface area (Å²) in [5.41, 5.74) is 2.31. The second kappa shape index (κ2) is 4.08. The molecule has 0 amide bonds. The summed E-state index contributed by atoms with van der Waals surface area (Å²) < 4.78 is 13.1. The fourth-order valence-electron chi connectivity index (χ4n) is 3.17. The molecule has 1 fully saturated rings. The molecule has 1 nitrogen and oxygen atoms in total. The van der Waals surface area contributed by atoms with Crippen LogP contribution in [-0.2, 0) is 6.42 Å². The molecule has 0 bridgehead atoms. The van der Waals surface area contributed by atoms with Crippen LogP contribution in [0.3, 0.4) is 0 Å². The molecule has 1 aromatic rings. The summed E-state index contributed by atoms with van der Waals surface area (Å²) in [4.78, 5) is 0. The maximum Gasteiger partial charge on any atom is 0.125 e. The van der Waals surface area contributed by atoms with Crippen molar-refractivity contribution in [2.24, 2.45) is 5.92 Å². The van der Waals surface area contributed by atoms with Gasteiger partial charge in [0.15, 0.2) is 0 Å². The van der Waals surface area contributed by atoms with Crippen LogP contribution < -0.4 is 5.32 Å². The smallest absolute Gasteiger partial charge is 0.125 e. The highest BCUT2D eigenvalue weighted by atomic mass is 19.1. The van der Waals surface area contributed by atoms with Crippen molar-refractivity contribution in [2.75, 3.05) is 5.32 Å². The summed E-state index contributed by atoms with van der Waals surface area (Å²) in [5.74, 6) is 0.666. The van der Waals surface area contributed by atoms with Crippen molar-refractivity contribution in [1.29, 1.82) is 0 Å². The molecule has 2 aliphatic rings. The van der Waals surface area contributed by atoms with Gasteiger partial charge in [-0.25, -0.2) is 4.39 Å². The van der Waals surface area contributed by atoms with Gasteiger partial charge in [-0.1, -0.05) is 25.3 Å². The number of halogens is 1. The van der Waals surface area contributed by atoms with Gasteiger partial charge in [0.25, 0.3) is 0 Å². The van der Waals surface area contributed by atoms with Crippen molar-refractivity contribution >= 4 is 5.69 Å². The number of hydrogen-bond donors (Lipinski definition) is 1. The Bertz CT molecular complexity index is 382. The van der Waals surface area contributed by atoms with Crippen molar-refractivity contribution in [2.45, 2.75) is 44.6 Å². The van der Waals surface area contributed by atoms with Gasteiger partial charge in [0.1, 0.15) is 5.82 Å². The Balaban J connectivity index is 1.74. The SMILES string of the molecule is Fc1ccc2c(c1)NC(C1CCCCC1)C2. The average Bonchev–Trinajstić information content (AvgIpc) is 2.73. The fraction of sp³-hybridized carbons (Fsp3) is 0.571. The molecule has 1 saturated carbocycles. The minimum Gasteiger partial charge on any atom is -0.381 e. The van der Waals surface area contributed by atoms with Crippen LogP contribution in [0.25, 0.3) is 0 Å². The Kier molecular flexibility index (Phi) is 2.58. The fourth-order valence-corrected chi connectivity index (χ4v) is 3.17. The molecule has 16 heavy (non-hydrogen) atoms. The van der Waals surface area contributed by atoms with E-state index < -0.39 is 0 Å². The second-order valence-electron chi connectivity index (χ2n) is 5.15. The molecule has 0 aromatic heterocycles. The quantitative estimate of drug-likeness (QED) is 0.758. The molecule has 0 spiro atoms. The van der Waals surface area contributed by atoms with Crippen LogP contribution >= 0.6 is 0 Å². The molecule has 0 saturated heterocycles. The van der Waals surface area contributed by atoms with E-state index in [9.17, 15) is 4.39 Å². The summed E-state index contributed by atoms with van der Waals surface area (Å²) in [7, 11) is 0. The normalized spacial score (nSPS) is 25.2. The molecule has 1 aliphatic heterocycles. The highest BCUT2D eigenvalue weighted by Gasteiger charge is 2.29. The first-order valence-corrected chi connectivity index (χ1v) is 6.38. The molecule has 1 N–H and O–H groups in total. The van der Waals surface area contributed by atoms with E-state index >= 15 is 0 Å². The lowest BCUT2D eigenvalue weighted by molar-refractivity contribution is 0.321. The third kappa shape index (κ3) is 1.81. The predicted molar refractivity (Wildman–Crippen MR) is 64.1 cm³/mol. The molecule has 3 rings (SSSR count). The Morgan fingerprint density at radius 1 is 1.12 bits per heavy atom. The average molecular weight is 219 g/mol. The maximum atomic E-state index is 13.1. The van der Waals surface area contributed by atoms with Crippen molar-refractivity contribution in [1.82, 2.24) is 0 Å². The van der Waals surface area contributed by atoms with Crippen LogP contribution in [0, 0.1) is 11.7 Å². The van der Waals surface area contributed by atoms with Crippen LogP contribution in [0.4, 0.5) is 10.1 Å². The third-order valence-corrected chi connectivity index (χ3v) is 4.07. The third-order valence-electron chi connectivity index (χ3n) is 4.07. The number of fused-ring (bicyclic) bond motifs is 1. The number of nitrogens with one attached hydrogen (secondary N) is 1. The van der Waals surface area contributed by atoms with Gasteiger partial charge in [-0.3, -0.25) is 0 Å². The monoisotopic (exact) mass is 219 g/mol. The first-order valence-electron chi connectivity index (χ1n) is 6.38. The number of rotatable bonds is 1. The minimum atomic E-state index is -0.129. The van der Waals surface area contributed by atoms with Crippen molar-refractivity contribution < 1.29 is 4.39 Å². The Morgan fingerprint density at radius 2 is 1.94 bits per heavy atom. The molecular weight excluding hydrogens is 201 g/mol. The van der Waals surface area contributed by atoms with E-state index in [1.165, 1.54) is 37.7 Å². The molecular formula is C14H18FN. The zero-order valence-corrected chi connectivity index (χ0v) is 9.51. The molecule has 1 atom stereocenters. The molecule has 1 aliphatic carbocycles. The van der Waals surface area contributed by atoms with E-state index in [4.69, 9.17) is 0 Å². The summed E-state index contributed by atoms with van der Waals surface area (Å²) in [6.45, 7) is 0. The maximum absolute atomic E-state index is 13.1. The predicted octanol–water partition coefficient (Wildman–Crippen LogP) is 3.74. The zero-order chi connectivity index (χ0) is 11.0. The minimum absolute atomic E-state index is 0.129. The Labute approximate surface area is 96.1 Å². The largest absolute Gasteiger partial charge is 0.381 e. The van der Waals surface area contributed by atoms with E-state index in [0.717, 1.165) is 18.0 Å². The molecule has 2 heteroatoms. The van der Waals surface area contributed by atoms with Gasteiger partial charge < -0.3 is 5.32 Å². The molecule has 86 valence electrons. The van der Waals surface area contributed by atoms with E-state index in [0.29, 0.717) is 6.04 Å². The van der Waals surface area contributed by atoms with Gasteiger partial charge >= 0.3 is 0 Å². The van der Waals surface area contributed by atoms with Crippen LogP contribution in [0.2, 0.25) is 0 Å². The lowest BCUT2D eigenvalue weighted by atomic mass is 9.83. The molecule has 1 heterocycles. The molecule has 0 radical (unpaired) electrons. The van der Waals surface area contributed by atoms with Crippen molar-refractivity contribution in [3.8, 4) is 0 Å². The summed E-state index contributed by atoms with van der Waals surface area (Å²) in [5, 5.41) is 3.50. The van der Waals surface area contributed by atoms with Gasteiger partial charge in [-0.15, -0.1) is 0 Å². The summed E-state index contributed by atoms with van der Waals surface area (Å²) in [6.07, 6.45) is 7.90. The Morgan fingerprint density at radius 3 is 2.75 bits per heavy atom. The topological polar surface area (TPSA) is 12.0 Å². The molecule has 1 aromatic carbocycles. The first kappa shape index (κ1) is 10.1. The van der Waals surface area contributed by atoms with E-state index in [1.807, 2.05) is 6.07 Å². The standard InChI is InChI=1S/C14H18FN/c15-12-7-6-11-8-13(16-14(11)9-12)10-4-2-1-3-5-10/h6-7,9-10,13,16H,1-5,8H2. The van der Waals surface area contributed by atoms with Gasteiger partial charge in [0, 0.05) is 11.7 Å². The van der Waals surface area contributed by atoms with Crippen LogP contribution in [0.15, 0.2) is 18.2 Å². The summed E-state index contributed by atoms with van der Waals surface area (Å²) >= 11 is 0. The first-order chi connectivity index (χ1) is 7.83. The van der Waals surface area contributed by atoms with E-state index in [2.05, 4.69) is 5.32 Å². The van der Waals surface area contributed by atoms with Crippen LogP contribution in [0.5, 0.6) is 0 Å². The molecule has 1 unspecified atom stereocenters. The second-order valence-corrected chi connectivity index (χ2v) is 5.15. The number of benzene rings is 1. The van der Waals surface area contributed by atoms with Crippen LogP contribution in [-0.4, -0.2) is 6.04 Å². The number of hydrogen-bond acceptors (Lipinski definition) is 1. The van der Waals surface area contributed by atoms with Gasteiger partial charge in [0.2, 0.25) is 0 Å².